The van der Waals surface area contributed by atoms with E-state index in [-0.39, 0.29) is 23.2 Å². The summed E-state index contributed by atoms with van der Waals surface area (Å²) in [5, 5.41) is 0. The highest BCUT2D eigenvalue weighted by atomic mass is 19.1. The molecule has 2 aromatic carbocycles. The lowest BCUT2D eigenvalue weighted by atomic mass is 9.67. The van der Waals surface area contributed by atoms with Crippen LogP contribution in [0.15, 0.2) is 41.4 Å². The minimum absolute atomic E-state index is 0.0356. The number of carbonyl (C=O) groups is 1. The van der Waals surface area contributed by atoms with Gasteiger partial charge in [0.2, 0.25) is 5.91 Å². The van der Waals surface area contributed by atoms with Crippen molar-refractivity contribution in [3.63, 3.8) is 0 Å². The van der Waals surface area contributed by atoms with E-state index in [4.69, 9.17) is 10.5 Å². The average Bonchev–Trinajstić information content (AvgIpc) is 2.67. The molecule has 2 aromatic rings. The molecule has 7 heteroatoms. The van der Waals surface area contributed by atoms with Crippen LogP contribution in [0.4, 0.5) is 8.78 Å². The molecule has 1 aliphatic heterocycles. The van der Waals surface area contributed by atoms with Crippen molar-refractivity contribution in [1.29, 1.82) is 0 Å². The smallest absolute Gasteiger partial charge is 0.237 e. The van der Waals surface area contributed by atoms with Crippen molar-refractivity contribution in [3.8, 4) is 5.75 Å². The van der Waals surface area contributed by atoms with Crippen molar-refractivity contribution in [3.05, 3.63) is 64.7 Å². The number of benzene rings is 2. The molecule has 1 heterocycles. The van der Waals surface area contributed by atoms with Gasteiger partial charge in [-0.1, -0.05) is 12.1 Å². The molecule has 154 valence electrons. The molecule has 0 aromatic heterocycles. The van der Waals surface area contributed by atoms with Gasteiger partial charge < -0.3 is 10.5 Å². The van der Waals surface area contributed by atoms with Crippen molar-refractivity contribution in [2.75, 3.05) is 14.2 Å². The lowest BCUT2D eigenvalue weighted by Gasteiger charge is -2.46. The molecule has 0 radical (unpaired) electrons. The van der Waals surface area contributed by atoms with Gasteiger partial charge in [0.1, 0.15) is 22.9 Å². The Labute approximate surface area is 169 Å². The number of rotatable bonds is 4. The summed E-state index contributed by atoms with van der Waals surface area (Å²) in [4.78, 5) is 18.6. The summed E-state index contributed by atoms with van der Waals surface area (Å²) in [5.41, 5.74) is 5.35. The highest BCUT2D eigenvalue weighted by molar-refractivity contribution is 6.01. The van der Waals surface area contributed by atoms with E-state index in [9.17, 15) is 13.6 Å². The molecule has 5 nitrogen and oxygen atoms in total. The Hall–Kier alpha value is -2.96. The number of nitrogens with two attached hydrogens (primary N) is 1. The fourth-order valence-electron chi connectivity index (χ4n) is 3.73. The molecule has 0 saturated heterocycles. The molecular formula is C22H25F2N3O2. The maximum Gasteiger partial charge on any atom is 0.237 e. The molecule has 0 spiro atoms. The SMILES string of the molecule is COc1ccc(F)cc1Cc1ccc(F)c([C@@]2(C)N=C(N)N(C)C(=O)C2(C)C)c1. The van der Waals surface area contributed by atoms with Gasteiger partial charge in [0.05, 0.1) is 12.5 Å². The molecule has 0 fully saturated rings. The first kappa shape index (κ1) is 20.8. The van der Waals surface area contributed by atoms with Crippen LogP contribution in [-0.2, 0) is 16.8 Å². The third kappa shape index (κ3) is 3.34. The largest absolute Gasteiger partial charge is 0.496 e. The number of hydrogen-bond donors (Lipinski definition) is 1. The Morgan fingerprint density at radius 2 is 1.83 bits per heavy atom. The maximum absolute atomic E-state index is 14.9. The van der Waals surface area contributed by atoms with Gasteiger partial charge >= 0.3 is 0 Å². The standard InChI is InChI=1S/C22H25F2N3O2/c1-21(2)19(28)27(4)20(25)26-22(21,3)16-11-13(6-8-17(16)24)10-14-12-15(23)7-9-18(14)29-5/h6-9,11-12H,10H2,1-5H3,(H2,25,26)/t22-/m1/s1. The number of amides is 1. The second kappa shape index (κ2) is 7.13. The van der Waals surface area contributed by atoms with Gasteiger partial charge in [-0.2, -0.15) is 0 Å². The van der Waals surface area contributed by atoms with E-state index in [1.54, 1.807) is 46.0 Å². The van der Waals surface area contributed by atoms with Crippen molar-refractivity contribution >= 4 is 11.9 Å². The van der Waals surface area contributed by atoms with Crippen molar-refractivity contribution in [2.24, 2.45) is 16.1 Å². The third-order valence-electron chi connectivity index (χ3n) is 5.93. The highest BCUT2D eigenvalue weighted by Crippen LogP contribution is 2.47. The number of nitrogens with zero attached hydrogens (tertiary/aromatic N) is 2. The van der Waals surface area contributed by atoms with Crippen LogP contribution in [0.25, 0.3) is 0 Å². The quantitative estimate of drug-likeness (QED) is 0.851. The minimum Gasteiger partial charge on any atom is -0.496 e. The minimum atomic E-state index is -1.20. The van der Waals surface area contributed by atoms with E-state index in [0.29, 0.717) is 17.7 Å². The van der Waals surface area contributed by atoms with Crippen LogP contribution < -0.4 is 10.5 Å². The lowest BCUT2D eigenvalue weighted by Crippen LogP contribution is -2.58. The van der Waals surface area contributed by atoms with Gasteiger partial charge in [0, 0.05) is 24.6 Å². The molecule has 0 unspecified atom stereocenters. The Bertz CT molecular complexity index is 1000. The second-order valence-electron chi connectivity index (χ2n) is 7.98. The van der Waals surface area contributed by atoms with E-state index in [1.165, 1.54) is 30.2 Å². The van der Waals surface area contributed by atoms with Crippen molar-refractivity contribution < 1.29 is 18.3 Å². The first-order valence-corrected chi connectivity index (χ1v) is 9.26. The highest BCUT2D eigenvalue weighted by Gasteiger charge is 2.53. The van der Waals surface area contributed by atoms with Crippen LogP contribution in [0.1, 0.15) is 37.5 Å². The predicted molar refractivity (Wildman–Crippen MR) is 108 cm³/mol. The Balaban J connectivity index is 2.11. The fraction of sp³-hybridized carbons (Fsp3) is 0.364. The summed E-state index contributed by atoms with van der Waals surface area (Å²) in [7, 11) is 3.06. The fourth-order valence-corrected chi connectivity index (χ4v) is 3.73. The summed E-state index contributed by atoms with van der Waals surface area (Å²) >= 11 is 0. The number of halogens is 2. The van der Waals surface area contributed by atoms with E-state index in [0.717, 1.165) is 5.56 Å². The maximum atomic E-state index is 14.9. The third-order valence-corrected chi connectivity index (χ3v) is 5.93. The first-order chi connectivity index (χ1) is 13.5. The van der Waals surface area contributed by atoms with Crippen LogP contribution in [0.5, 0.6) is 5.75 Å². The predicted octanol–water partition coefficient (Wildman–Crippen LogP) is 3.59. The number of aliphatic imine (C=N–C) groups is 1. The van der Waals surface area contributed by atoms with E-state index < -0.39 is 16.8 Å². The monoisotopic (exact) mass is 401 g/mol. The number of carbonyl (C=O) groups excluding carboxylic acids is 1. The molecular weight excluding hydrogens is 376 g/mol. The molecule has 0 saturated carbocycles. The Morgan fingerprint density at radius 1 is 1.14 bits per heavy atom. The van der Waals surface area contributed by atoms with Gasteiger partial charge in [-0.05, 0) is 50.6 Å². The van der Waals surface area contributed by atoms with Gasteiger partial charge in [-0.25, -0.2) is 13.8 Å². The number of methoxy groups -OCH3 is 1. The molecule has 0 aliphatic carbocycles. The molecule has 1 aliphatic rings. The lowest BCUT2D eigenvalue weighted by molar-refractivity contribution is -0.140. The molecule has 1 amide bonds. The molecule has 2 N–H and O–H groups in total. The van der Waals surface area contributed by atoms with Gasteiger partial charge in [-0.15, -0.1) is 0 Å². The van der Waals surface area contributed by atoms with Crippen LogP contribution in [0.2, 0.25) is 0 Å². The number of ether oxygens (including phenoxy) is 1. The summed E-state index contributed by atoms with van der Waals surface area (Å²) in [6, 6.07) is 8.90. The van der Waals surface area contributed by atoms with Gasteiger partial charge in [0.15, 0.2) is 5.96 Å². The number of guanidine groups is 1. The summed E-state index contributed by atoms with van der Waals surface area (Å²) in [6.45, 7) is 5.16. The number of hydrogen-bond acceptors (Lipinski definition) is 4. The van der Waals surface area contributed by atoms with Crippen LogP contribution in [0, 0.1) is 17.0 Å². The van der Waals surface area contributed by atoms with E-state index in [2.05, 4.69) is 4.99 Å². The van der Waals surface area contributed by atoms with Crippen LogP contribution in [-0.4, -0.2) is 30.9 Å². The van der Waals surface area contributed by atoms with Gasteiger partial charge in [-0.3, -0.25) is 9.69 Å². The molecule has 3 rings (SSSR count). The van der Waals surface area contributed by atoms with E-state index >= 15 is 0 Å². The van der Waals surface area contributed by atoms with Crippen LogP contribution in [0.3, 0.4) is 0 Å². The summed E-state index contributed by atoms with van der Waals surface area (Å²) in [6.07, 6.45) is 0.331. The summed E-state index contributed by atoms with van der Waals surface area (Å²) < 4.78 is 33.9. The van der Waals surface area contributed by atoms with E-state index in [1.807, 2.05) is 0 Å². The topological polar surface area (TPSA) is 67.9 Å². The normalized spacial score (nSPS) is 21.1. The van der Waals surface area contributed by atoms with Crippen LogP contribution >= 0.6 is 0 Å². The Morgan fingerprint density at radius 3 is 2.48 bits per heavy atom. The van der Waals surface area contributed by atoms with Crippen molar-refractivity contribution in [1.82, 2.24) is 4.90 Å². The molecule has 29 heavy (non-hydrogen) atoms. The van der Waals surface area contributed by atoms with Gasteiger partial charge in [0.25, 0.3) is 0 Å². The Kier molecular flexibility index (Phi) is 5.11. The van der Waals surface area contributed by atoms with Crippen molar-refractivity contribution in [2.45, 2.75) is 32.7 Å². The molecule has 0 bridgehead atoms. The zero-order valence-electron chi connectivity index (χ0n) is 17.2. The zero-order valence-corrected chi connectivity index (χ0v) is 17.2. The first-order valence-electron chi connectivity index (χ1n) is 9.26. The second-order valence-corrected chi connectivity index (χ2v) is 7.98. The zero-order chi connectivity index (χ0) is 21.6. The summed E-state index contributed by atoms with van der Waals surface area (Å²) in [5.74, 6) is -0.531. The molecule has 1 atom stereocenters. The average molecular weight is 401 g/mol.